The summed E-state index contributed by atoms with van der Waals surface area (Å²) in [7, 11) is 0. The van der Waals surface area contributed by atoms with Gasteiger partial charge in [0.05, 0.1) is 12.7 Å². The molecule has 0 heterocycles. The zero-order valence-corrected chi connectivity index (χ0v) is 11.5. The lowest BCUT2D eigenvalue weighted by Gasteiger charge is -2.22. The Hall–Kier alpha value is -1.26. The van der Waals surface area contributed by atoms with Crippen LogP contribution in [0.1, 0.15) is 19.4 Å². The second-order valence-corrected chi connectivity index (χ2v) is 4.39. The van der Waals surface area contributed by atoms with Gasteiger partial charge in [-0.15, -0.1) is 0 Å². The molecule has 1 rings (SSSR count). The average molecular weight is 252 g/mol. The Morgan fingerprint density at radius 3 is 2.44 bits per heavy atom. The highest BCUT2D eigenvalue weighted by molar-refractivity contribution is 5.60. The van der Waals surface area contributed by atoms with E-state index in [0.29, 0.717) is 6.54 Å². The third-order valence-electron chi connectivity index (χ3n) is 3.08. The Labute approximate surface area is 109 Å². The van der Waals surface area contributed by atoms with Gasteiger partial charge in [0.15, 0.2) is 0 Å². The summed E-state index contributed by atoms with van der Waals surface area (Å²) in [5.74, 6) is 0. The molecule has 1 aromatic carbocycles. The molecule has 0 saturated carbocycles. The number of hydrogen-bond donors (Lipinski definition) is 3. The number of nitrogens with one attached hydrogen (secondary N) is 1. The zero-order valence-electron chi connectivity index (χ0n) is 11.5. The highest BCUT2D eigenvalue weighted by Crippen LogP contribution is 2.22. The van der Waals surface area contributed by atoms with Crippen molar-refractivity contribution in [3.63, 3.8) is 0 Å². The molecule has 0 aliphatic heterocycles. The van der Waals surface area contributed by atoms with Crippen molar-refractivity contribution in [3.8, 4) is 0 Å². The first kappa shape index (κ1) is 14.8. The van der Waals surface area contributed by atoms with Gasteiger partial charge in [0.25, 0.3) is 0 Å². The van der Waals surface area contributed by atoms with Crippen LogP contribution in [0.4, 0.5) is 11.4 Å². The molecule has 0 aliphatic rings. The highest BCUT2D eigenvalue weighted by Gasteiger charge is 2.06. The highest BCUT2D eigenvalue weighted by atomic mass is 16.3. The molecular weight excluding hydrogens is 228 g/mol. The number of aliphatic hydroxyl groups excluding tert-OH is 2. The molecule has 0 fully saturated rings. The van der Waals surface area contributed by atoms with E-state index in [0.717, 1.165) is 24.3 Å². The molecule has 0 bridgehead atoms. The van der Waals surface area contributed by atoms with Crippen molar-refractivity contribution in [2.75, 3.05) is 36.5 Å². The summed E-state index contributed by atoms with van der Waals surface area (Å²) < 4.78 is 0. The van der Waals surface area contributed by atoms with Gasteiger partial charge in [-0.1, -0.05) is 0 Å². The maximum absolute atomic E-state index is 9.31. The fraction of sp³-hybridized carbons (Fsp3) is 0.571. The van der Waals surface area contributed by atoms with Gasteiger partial charge in [0.1, 0.15) is 0 Å². The topological polar surface area (TPSA) is 55.7 Å². The number of benzene rings is 1. The summed E-state index contributed by atoms with van der Waals surface area (Å²) in [6.07, 6.45) is -0.716. The van der Waals surface area contributed by atoms with Crippen LogP contribution in [-0.2, 0) is 0 Å². The monoisotopic (exact) mass is 252 g/mol. The minimum absolute atomic E-state index is 0.219. The van der Waals surface area contributed by atoms with E-state index in [1.807, 2.05) is 13.0 Å². The predicted molar refractivity (Wildman–Crippen MR) is 76.3 cm³/mol. The van der Waals surface area contributed by atoms with Crippen LogP contribution >= 0.6 is 0 Å². The van der Waals surface area contributed by atoms with Gasteiger partial charge in [-0.05, 0) is 44.5 Å². The molecule has 0 radical (unpaired) electrons. The lowest BCUT2D eigenvalue weighted by Crippen LogP contribution is -2.24. The normalized spacial score (nSPS) is 12.3. The summed E-state index contributed by atoms with van der Waals surface area (Å²) in [4.78, 5) is 2.29. The van der Waals surface area contributed by atoms with Crippen molar-refractivity contribution < 1.29 is 10.2 Å². The summed E-state index contributed by atoms with van der Waals surface area (Å²) in [5, 5.41) is 21.2. The minimum atomic E-state index is -0.716. The average Bonchev–Trinajstić information content (AvgIpc) is 2.38. The number of rotatable bonds is 7. The molecule has 0 spiro atoms. The number of aryl methyl sites for hydroxylation is 1. The lowest BCUT2D eigenvalue weighted by molar-refractivity contribution is 0.105. The Kier molecular flexibility index (Phi) is 5.95. The van der Waals surface area contributed by atoms with E-state index >= 15 is 0 Å². The summed E-state index contributed by atoms with van der Waals surface area (Å²) >= 11 is 0. The van der Waals surface area contributed by atoms with Crippen molar-refractivity contribution in [2.45, 2.75) is 26.9 Å². The van der Waals surface area contributed by atoms with E-state index < -0.39 is 6.10 Å². The van der Waals surface area contributed by atoms with Crippen LogP contribution < -0.4 is 10.2 Å². The quantitative estimate of drug-likeness (QED) is 0.690. The number of aliphatic hydroxyl groups is 2. The predicted octanol–water partition coefficient (Wildman–Crippen LogP) is 1.61. The molecule has 0 saturated heterocycles. The van der Waals surface area contributed by atoms with Crippen LogP contribution in [0.25, 0.3) is 0 Å². The molecule has 1 unspecified atom stereocenters. The summed E-state index contributed by atoms with van der Waals surface area (Å²) in [6.45, 7) is 8.45. The van der Waals surface area contributed by atoms with E-state index in [9.17, 15) is 5.11 Å². The van der Waals surface area contributed by atoms with Crippen molar-refractivity contribution >= 4 is 11.4 Å². The van der Waals surface area contributed by atoms with Crippen molar-refractivity contribution in [2.24, 2.45) is 0 Å². The molecule has 18 heavy (non-hydrogen) atoms. The van der Waals surface area contributed by atoms with E-state index in [2.05, 4.69) is 36.2 Å². The van der Waals surface area contributed by atoms with Crippen LogP contribution in [0, 0.1) is 6.92 Å². The maximum Gasteiger partial charge on any atom is 0.0942 e. The number of nitrogens with zero attached hydrogens (tertiary/aromatic N) is 1. The van der Waals surface area contributed by atoms with Gasteiger partial charge in [0, 0.05) is 31.0 Å². The molecule has 4 nitrogen and oxygen atoms in total. The number of hydrogen-bond acceptors (Lipinski definition) is 4. The third-order valence-corrected chi connectivity index (χ3v) is 3.08. The Balaban J connectivity index is 2.73. The van der Waals surface area contributed by atoms with Gasteiger partial charge in [-0.2, -0.15) is 0 Å². The molecule has 0 amide bonds. The van der Waals surface area contributed by atoms with Crippen LogP contribution in [0.3, 0.4) is 0 Å². The second-order valence-electron chi connectivity index (χ2n) is 4.39. The third kappa shape index (κ3) is 3.89. The molecule has 1 atom stereocenters. The zero-order chi connectivity index (χ0) is 13.5. The van der Waals surface area contributed by atoms with Crippen LogP contribution in [0.15, 0.2) is 18.2 Å². The first-order valence-electron chi connectivity index (χ1n) is 6.50. The Morgan fingerprint density at radius 2 is 1.94 bits per heavy atom. The number of anilines is 2. The van der Waals surface area contributed by atoms with E-state index in [1.54, 1.807) is 0 Å². The SMILES string of the molecule is CCN(CC)c1ccc(NCC(O)CO)c(C)c1. The van der Waals surface area contributed by atoms with E-state index in [4.69, 9.17) is 5.11 Å². The first-order valence-corrected chi connectivity index (χ1v) is 6.50. The molecule has 0 aromatic heterocycles. The second kappa shape index (κ2) is 7.24. The molecule has 0 aliphatic carbocycles. The summed E-state index contributed by atoms with van der Waals surface area (Å²) in [5.41, 5.74) is 3.36. The van der Waals surface area contributed by atoms with Gasteiger partial charge >= 0.3 is 0 Å². The fourth-order valence-electron chi connectivity index (χ4n) is 1.92. The van der Waals surface area contributed by atoms with Gasteiger partial charge in [-0.25, -0.2) is 0 Å². The minimum Gasteiger partial charge on any atom is -0.394 e. The van der Waals surface area contributed by atoms with Crippen molar-refractivity contribution in [1.82, 2.24) is 0 Å². The van der Waals surface area contributed by atoms with E-state index in [1.165, 1.54) is 5.69 Å². The van der Waals surface area contributed by atoms with Gasteiger partial charge in [-0.3, -0.25) is 0 Å². The lowest BCUT2D eigenvalue weighted by atomic mass is 10.1. The van der Waals surface area contributed by atoms with Crippen LogP contribution in [-0.4, -0.2) is 42.6 Å². The van der Waals surface area contributed by atoms with Gasteiger partial charge < -0.3 is 20.4 Å². The van der Waals surface area contributed by atoms with Crippen molar-refractivity contribution in [3.05, 3.63) is 23.8 Å². The summed E-state index contributed by atoms with van der Waals surface area (Å²) in [6, 6.07) is 6.24. The van der Waals surface area contributed by atoms with Crippen LogP contribution in [0.5, 0.6) is 0 Å². The maximum atomic E-state index is 9.31. The van der Waals surface area contributed by atoms with Crippen LogP contribution in [0.2, 0.25) is 0 Å². The fourth-order valence-corrected chi connectivity index (χ4v) is 1.92. The van der Waals surface area contributed by atoms with Gasteiger partial charge in [0.2, 0.25) is 0 Å². The molecule has 3 N–H and O–H groups in total. The molecule has 102 valence electrons. The standard InChI is InChI=1S/C14H24N2O2/c1-4-16(5-2)12-6-7-14(11(3)8-12)15-9-13(18)10-17/h6-8,13,15,17-18H,4-5,9-10H2,1-3H3. The van der Waals surface area contributed by atoms with Crippen molar-refractivity contribution in [1.29, 1.82) is 0 Å². The molecule has 4 heteroatoms. The van der Waals surface area contributed by atoms with E-state index in [-0.39, 0.29) is 6.61 Å². The smallest absolute Gasteiger partial charge is 0.0942 e. The largest absolute Gasteiger partial charge is 0.394 e. The molecule has 1 aromatic rings. The first-order chi connectivity index (χ1) is 8.62. The Morgan fingerprint density at radius 1 is 1.28 bits per heavy atom. The molecular formula is C14H24N2O2. The Bertz CT molecular complexity index is 365.